The van der Waals surface area contributed by atoms with E-state index >= 15 is 0 Å². The molecule has 3 aromatic rings. The Labute approximate surface area is 160 Å². The highest BCUT2D eigenvalue weighted by Crippen LogP contribution is 2.20. The quantitative estimate of drug-likeness (QED) is 0.496. The minimum absolute atomic E-state index is 0.345. The molecule has 0 spiro atoms. The van der Waals surface area contributed by atoms with Gasteiger partial charge in [-0.15, -0.1) is 0 Å². The maximum Gasteiger partial charge on any atom is 0.289 e. The van der Waals surface area contributed by atoms with E-state index in [2.05, 4.69) is 36.7 Å². The van der Waals surface area contributed by atoms with E-state index in [1.807, 2.05) is 67.5 Å². The highest BCUT2D eigenvalue weighted by molar-refractivity contribution is 9.10. The first-order valence-corrected chi connectivity index (χ1v) is 8.74. The number of hydrogen-bond acceptors (Lipinski definition) is 4. The minimum atomic E-state index is -0.345. The molecule has 2 N–H and O–H groups in total. The third-order valence-electron chi connectivity index (χ3n) is 3.75. The summed E-state index contributed by atoms with van der Waals surface area (Å²) in [5.74, 6) is -0.345. The van der Waals surface area contributed by atoms with E-state index in [1.165, 1.54) is 0 Å². The molecule has 26 heavy (non-hydrogen) atoms. The van der Waals surface area contributed by atoms with Gasteiger partial charge in [0.2, 0.25) is 0 Å². The summed E-state index contributed by atoms with van der Waals surface area (Å²) in [7, 11) is 3.96. The number of aromatic nitrogens is 2. The third-order valence-corrected chi connectivity index (χ3v) is 4.28. The lowest BCUT2D eigenvalue weighted by molar-refractivity contribution is 0.0950. The number of halogens is 1. The van der Waals surface area contributed by atoms with E-state index in [0.29, 0.717) is 11.4 Å². The number of hydrazone groups is 1. The van der Waals surface area contributed by atoms with Gasteiger partial charge in [0.15, 0.2) is 0 Å². The Hall–Kier alpha value is -2.93. The molecule has 0 bridgehead atoms. The van der Waals surface area contributed by atoms with Gasteiger partial charge in [0.1, 0.15) is 5.69 Å². The first kappa shape index (κ1) is 17.9. The van der Waals surface area contributed by atoms with E-state index in [4.69, 9.17) is 0 Å². The van der Waals surface area contributed by atoms with Crippen molar-refractivity contribution in [3.8, 4) is 11.3 Å². The van der Waals surface area contributed by atoms with Crippen molar-refractivity contribution in [1.82, 2.24) is 15.6 Å². The number of rotatable bonds is 5. The number of benzene rings is 2. The van der Waals surface area contributed by atoms with Crippen LogP contribution in [0.15, 0.2) is 64.2 Å². The van der Waals surface area contributed by atoms with Crippen molar-refractivity contribution in [3.05, 3.63) is 70.3 Å². The second-order valence-corrected chi connectivity index (χ2v) is 6.77. The molecule has 0 aliphatic carbocycles. The zero-order chi connectivity index (χ0) is 18.5. The van der Waals surface area contributed by atoms with Gasteiger partial charge in [-0.3, -0.25) is 9.89 Å². The predicted molar refractivity (Wildman–Crippen MR) is 108 cm³/mol. The zero-order valence-electron chi connectivity index (χ0n) is 14.4. The molecule has 1 aromatic heterocycles. The molecule has 0 saturated carbocycles. The summed E-state index contributed by atoms with van der Waals surface area (Å²) in [6.07, 6.45) is 1.60. The van der Waals surface area contributed by atoms with Crippen LogP contribution < -0.4 is 10.3 Å². The second-order valence-electron chi connectivity index (χ2n) is 5.86. The number of H-pyrrole nitrogens is 1. The van der Waals surface area contributed by atoms with E-state index in [1.54, 1.807) is 12.3 Å². The maximum atomic E-state index is 12.2. The van der Waals surface area contributed by atoms with E-state index in [9.17, 15) is 4.79 Å². The van der Waals surface area contributed by atoms with Crippen LogP contribution in [-0.4, -0.2) is 36.4 Å². The average Bonchev–Trinajstić information content (AvgIpc) is 3.13. The Bertz CT molecular complexity index is 914. The van der Waals surface area contributed by atoms with Crippen LogP contribution in [0.3, 0.4) is 0 Å². The Balaban J connectivity index is 1.62. The molecule has 1 heterocycles. The number of anilines is 1. The molecule has 132 valence electrons. The van der Waals surface area contributed by atoms with Gasteiger partial charge in [-0.05, 0) is 35.9 Å². The molecule has 0 aliphatic rings. The third kappa shape index (κ3) is 4.37. The van der Waals surface area contributed by atoms with Crippen molar-refractivity contribution in [2.24, 2.45) is 5.10 Å². The number of aromatic amines is 1. The highest BCUT2D eigenvalue weighted by atomic mass is 79.9. The van der Waals surface area contributed by atoms with Crippen LogP contribution in [0.5, 0.6) is 0 Å². The fourth-order valence-corrected chi connectivity index (χ4v) is 2.56. The summed E-state index contributed by atoms with van der Waals surface area (Å²) < 4.78 is 0.989. The van der Waals surface area contributed by atoms with Gasteiger partial charge < -0.3 is 4.90 Å². The highest BCUT2D eigenvalue weighted by Gasteiger charge is 2.10. The average molecular weight is 412 g/mol. The van der Waals surface area contributed by atoms with Crippen LogP contribution in [0.25, 0.3) is 11.3 Å². The molecule has 0 fully saturated rings. The Morgan fingerprint density at radius 2 is 1.85 bits per heavy atom. The lowest BCUT2D eigenvalue weighted by Gasteiger charge is -2.11. The van der Waals surface area contributed by atoms with Crippen LogP contribution in [0.1, 0.15) is 16.1 Å². The van der Waals surface area contributed by atoms with Crippen LogP contribution in [-0.2, 0) is 0 Å². The van der Waals surface area contributed by atoms with Gasteiger partial charge in [0.05, 0.1) is 11.9 Å². The van der Waals surface area contributed by atoms with Crippen LogP contribution in [0, 0.1) is 0 Å². The van der Waals surface area contributed by atoms with Crippen molar-refractivity contribution >= 4 is 33.7 Å². The van der Waals surface area contributed by atoms with Crippen molar-refractivity contribution in [3.63, 3.8) is 0 Å². The van der Waals surface area contributed by atoms with Gasteiger partial charge in [0, 0.05) is 29.8 Å². The molecule has 0 radical (unpaired) electrons. The molecular formula is C19H18BrN5O. The topological polar surface area (TPSA) is 73.4 Å². The SMILES string of the molecule is CN(C)c1ccc(C=NNC(=O)c2cc(-c3ccc(Br)cc3)n[nH]2)cc1. The van der Waals surface area contributed by atoms with Gasteiger partial charge in [-0.1, -0.05) is 40.2 Å². The Morgan fingerprint density at radius 1 is 1.15 bits per heavy atom. The van der Waals surface area contributed by atoms with Crippen LogP contribution in [0.2, 0.25) is 0 Å². The predicted octanol–water partition coefficient (Wildman–Crippen LogP) is 3.67. The fraction of sp³-hybridized carbons (Fsp3) is 0.105. The summed E-state index contributed by atoms with van der Waals surface area (Å²) in [5, 5.41) is 10.9. The van der Waals surface area contributed by atoms with Crippen LogP contribution in [0.4, 0.5) is 5.69 Å². The molecule has 2 aromatic carbocycles. The Kier molecular flexibility index (Phi) is 5.48. The number of carbonyl (C=O) groups excluding carboxylic acids is 1. The second kappa shape index (κ2) is 7.97. The number of hydrogen-bond donors (Lipinski definition) is 2. The minimum Gasteiger partial charge on any atom is -0.378 e. The maximum absolute atomic E-state index is 12.2. The van der Waals surface area contributed by atoms with Gasteiger partial charge in [0.25, 0.3) is 5.91 Å². The first-order valence-electron chi connectivity index (χ1n) is 7.95. The van der Waals surface area contributed by atoms with E-state index in [-0.39, 0.29) is 5.91 Å². The van der Waals surface area contributed by atoms with Crippen molar-refractivity contribution in [2.45, 2.75) is 0 Å². The lowest BCUT2D eigenvalue weighted by Crippen LogP contribution is -2.18. The monoisotopic (exact) mass is 411 g/mol. The molecule has 6 nitrogen and oxygen atoms in total. The smallest absolute Gasteiger partial charge is 0.289 e. The lowest BCUT2D eigenvalue weighted by atomic mass is 10.1. The molecule has 0 aliphatic heterocycles. The van der Waals surface area contributed by atoms with Crippen LogP contribution >= 0.6 is 15.9 Å². The standard InChI is InChI=1S/C19H18BrN5O/c1-25(2)16-9-3-13(4-10-16)12-21-24-19(26)18-11-17(22-23-18)14-5-7-15(20)8-6-14/h3-12H,1-2H3,(H,22,23)(H,24,26). The number of nitrogens with one attached hydrogen (secondary N) is 2. The van der Waals surface area contributed by atoms with E-state index < -0.39 is 0 Å². The molecule has 0 unspecified atom stereocenters. The van der Waals surface area contributed by atoms with E-state index in [0.717, 1.165) is 21.3 Å². The summed E-state index contributed by atoms with van der Waals surface area (Å²) in [4.78, 5) is 14.2. The van der Waals surface area contributed by atoms with Gasteiger partial charge in [-0.2, -0.15) is 10.2 Å². The molecule has 0 saturated heterocycles. The number of amides is 1. The zero-order valence-corrected chi connectivity index (χ0v) is 16.0. The molecular weight excluding hydrogens is 394 g/mol. The van der Waals surface area contributed by atoms with Crippen molar-refractivity contribution in [2.75, 3.05) is 19.0 Å². The van der Waals surface area contributed by atoms with Crippen molar-refractivity contribution < 1.29 is 4.79 Å². The number of carbonyl (C=O) groups is 1. The summed E-state index contributed by atoms with van der Waals surface area (Å²) >= 11 is 3.39. The van der Waals surface area contributed by atoms with Crippen molar-refractivity contribution in [1.29, 1.82) is 0 Å². The molecule has 0 atom stereocenters. The van der Waals surface area contributed by atoms with Gasteiger partial charge in [-0.25, -0.2) is 5.43 Å². The fourth-order valence-electron chi connectivity index (χ4n) is 2.29. The molecule has 1 amide bonds. The first-order chi connectivity index (χ1) is 12.5. The molecule has 3 rings (SSSR count). The normalized spacial score (nSPS) is 10.9. The Morgan fingerprint density at radius 3 is 2.50 bits per heavy atom. The number of nitrogens with zero attached hydrogens (tertiary/aromatic N) is 3. The van der Waals surface area contributed by atoms with Gasteiger partial charge >= 0.3 is 0 Å². The molecule has 7 heteroatoms. The largest absolute Gasteiger partial charge is 0.378 e. The summed E-state index contributed by atoms with van der Waals surface area (Å²) in [5.41, 5.74) is 6.47. The summed E-state index contributed by atoms with van der Waals surface area (Å²) in [6, 6.07) is 17.3. The summed E-state index contributed by atoms with van der Waals surface area (Å²) in [6.45, 7) is 0.